The lowest BCUT2D eigenvalue weighted by Gasteiger charge is -2.39. The van der Waals surface area contributed by atoms with E-state index in [1.165, 1.54) is 0 Å². The number of carbonyl (C=O) groups is 1. The summed E-state index contributed by atoms with van der Waals surface area (Å²) in [5.41, 5.74) is 0. The van der Waals surface area contributed by atoms with Gasteiger partial charge in [-0.25, -0.2) is 0 Å². The molecular formula is C20H27F13O2. The van der Waals surface area contributed by atoms with Gasteiger partial charge in [0, 0.05) is 0 Å². The second kappa shape index (κ2) is 12.2. The van der Waals surface area contributed by atoms with E-state index >= 15 is 0 Å². The number of halogens is 13. The molecular weight excluding hydrogens is 519 g/mol. The minimum Gasteiger partial charge on any atom is -0.465 e. The van der Waals surface area contributed by atoms with Crippen molar-refractivity contribution in [1.29, 1.82) is 0 Å². The van der Waals surface area contributed by atoms with Gasteiger partial charge in [0.15, 0.2) is 0 Å². The Labute approximate surface area is 193 Å². The highest BCUT2D eigenvalue weighted by molar-refractivity contribution is 5.72. The lowest BCUT2D eigenvalue weighted by molar-refractivity contribution is -0.440. The van der Waals surface area contributed by atoms with Gasteiger partial charge in [-0.1, -0.05) is 52.4 Å². The molecule has 0 aromatic rings. The molecule has 0 rings (SSSR count). The summed E-state index contributed by atoms with van der Waals surface area (Å²) in [6.07, 6.45) is -5.49. The Balaban J connectivity index is 5.48. The second-order valence-corrected chi connectivity index (χ2v) is 8.11. The van der Waals surface area contributed by atoms with E-state index in [1.54, 1.807) is 6.92 Å². The maximum Gasteiger partial charge on any atom is 0.460 e. The molecule has 0 amide bonds. The maximum atomic E-state index is 13.8. The molecule has 0 saturated heterocycles. The summed E-state index contributed by atoms with van der Waals surface area (Å²) >= 11 is 0. The Morgan fingerprint density at radius 1 is 0.629 bits per heavy atom. The highest BCUT2D eigenvalue weighted by Gasteiger charge is 2.90. The SMILES string of the molecule is CCCCCCC(CCCC)C(=O)OCCC(F)(F)C(F)(F)C(F)(F)C(F)(F)C(F)(F)C(F)(F)F. The molecule has 0 heterocycles. The molecule has 0 aliphatic rings. The van der Waals surface area contributed by atoms with Crippen LogP contribution in [-0.2, 0) is 9.53 Å². The molecule has 0 aliphatic heterocycles. The number of unbranched alkanes of at least 4 members (excludes halogenated alkanes) is 4. The first kappa shape index (κ1) is 33.6. The third-order valence-electron chi connectivity index (χ3n) is 5.30. The third-order valence-corrected chi connectivity index (χ3v) is 5.30. The molecule has 2 nitrogen and oxygen atoms in total. The molecule has 1 unspecified atom stereocenters. The van der Waals surface area contributed by atoms with Gasteiger partial charge in [-0.3, -0.25) is 4.79 Å². The summed E-state index contributed by atoms with van der Waals surface area (Å²) in [7, 11) is 0. The molecule has 0 saturated carbocycles. The van der Waals surface area contributed by atoms with Crippen LogP contribution in [0.15, 0.2) is 0 Å². The number of alkyl halides is 13. The van der Waals surface area contributed by atoms with Crippen LogP contribution in [0.3, 0.4) is 0 Å². The molecule has 35 heavy (non-hydrogen) atoms. The van der Waals surface area contributed by atoms with Crippen LogP contribution < -0.4 is 0 Å². The van der Waals surface area contributed by atoms with Gasteiger partial charge in [0.25, 0.3) is 0 Å². The summed E-state index contributed by atoms with van der Waals surface area (Å²) in [6.45, 7) is 1.97. The third kappa shape index (κ3) is 7.30. The van der Waals surface area contributed by atoms with Crippen LogP contribution in [0.1, 0.15) is 71.6 Å². The Kier molecular flexibility index (Phi) is 11.7. The van der Waals surface area contributed by atoms with Crippen LogP contribution in [0, 0.1) is 5.92 Å². The van der Waals surface area contributed by atoms with Crippen molar-refractivity contribution in [3.05, 3.63) is 0 Å². The zero-order chi connectivity index (χ0) is 27.9. The number of esters is 1. The van der Waals surface area contributed by atoms with Gasteiger partial charge < -0.3 is 4.74 Å². The largest absolute Gasteiger partial charge is 0.465 e. The van der Waals surface area contributed by atoms with E-state index in [0.29, 0.717) is 25.7 Å². The molecule has 0 N–H and O–H groups in total. The number of hydrogen-bond acceptors (Lipinski definition) is 2. The van der Waals surface area contributed by atoms with Gasteiger partial charge in [0.2, 0.25) is 0 Å². The van der Waals surface area contributed by atoms with Gasteiger partial charge in [-0.15, -0.1) is 0 Å². The van der Waals surface area contributed by atoms with Crippen LogP contribution in [0.5, 0.6) is 0 Å². The van der Waals surface area contributed by atoms with Gasteiger partial charge in [-0.2, -0.15) is 57.1 Å². The van der Waals surface area contributed by atoms with Crippen LogP contribution in [0.25, 0.3) is 0 Å². The molecule has 0 spiro atoms. The quantitative estimate of drug-likeness (QED) is 0.110. The zero-order valence-corrected chi connectivity index (χ0v) is 18.9. The van der Waals surface area contributed by atoms with Crippen LogP contribution >= 0.6 is 0 Å². The van der Waals surface area contributed by atoms with E-state index in [4.69, 9.17) is 0 Å². The van der Waals surface area contributed by atoms with Crippen molar-refractivity contribution in [2.24, 2.45) is 5.92 Å². The lowest BCUT2D eigenvalue weighted by Crippen LogP contribution is -2.70. The molecule has 1 atom stereocenters. The summed E-state index contributed by atoms with van der Waals surface area (Å²) in [5, 5.41) is 0. The molecule has 210 valence electrons. The first-order chi connectivity index (χ1) is 15.7. The van der Waals surface area contributed by atoms with E-state index in [-0.39, 0.29) is 12.8 Å². The van der Waals surface area contributed by atoms with Crippen molar-refractivity contribution in [2.45, 2.75) is 107 Å². The summed E-state index contributed by atoms with van der Waals surface area (Å²) in [4.78, 5) is 12.1. The van der Waals surface area contributed by atoms with E-state index in [2.05, 4.69) is 4.74 Å². The fourth-order valence-electron chi connectivity index (χ4n) is 3.00. The Hall–Kier alpha value is -1.44. The Bertz CT molecular complexity index is 660. The van der Waals surface area contributed by atoms with Crippen molar-refractivity contribution < 1.29 is 66.6 Å². The molecule has 0 radical (unpaired) electrons. The fourth-order valence-corrected chi connectivity index (χ4v) is 3.00. The molecule has 0 aromatic carbocycles. The van der Waals surface area contributed by atoms with Crippen LogP contribution in [-0.4, -0.2) is 48.4 Å². The summed E-state index contributed by atoms with van der Waals surface area (Å²) in [5.74, 6) is -39.2. The first-order valence-corrected chi connectivity index (χ1v) is 10.8. The smallest absolute Gasteiger partial charge is 0.460 e. The van der Waals surface area contributed by atoms with Crippen molar-refractivity contribution in [3.8, 4) is 0 Å². The number of rotatable bonds is 16. The first-order valence-electron chi connectivity index (χ1n) is 10.8. The predicted octanol–water partition coefficient (Wildman–Crippen LogP) is 8.44. The Morgan fingerprint density at radius 2 is 1.09 bits per heavy atom. The topological polar surface area (TPSA) is 26.3 Å². The summed E-state index contributed by atoms with van der Waals surface area (Å²) < 4.78 is 175. The molecule has 0 aromatic heterocycles. The average molecular weight is 546 g/mol. The molecule has 15 heteroatoms. The maximum absolute atomic E-state index is 13.8. The Morgan fingerprint density at radius 3 is 1.54 bits per heavy atom. The summed E-state index contributed by atoms with van der Waals surface area (Å²) in [6, 6.07) is 0. The zero-order valence-electron chi connectivity index (χ0n) is 18.9. The van der Waals surface area contributed by atoms with Gasteiger partial charge in [0.05, 0.1) is 18.9 Å². The highest BCUT2D eigenvalue weighted by atomic mass is 19.4. The van der Waals surface area contributed by atoms with Crippen LogP contribution in [0.4, 0.5) is 57.1 Å². The van der Waals surface area contributed by atoms with Crippen molar-refractivity contribution in [1.82, 2.24) is 0 Å². The minimum atomic E-state index is -7.94. The van der Waals surface area contributed by atoms with Gasteiger partial charge >= 0.3 is 41.8 Å². The van der Waals surface area contributed by atoms with E-state index in [0.717, 1.165) is 12.8 Å². The fraction of sp³-hybridized carbons (Fsp3) is 0.950. The normalized spacial score (nSPS) is 15.3. The predicted molar refractivity (Wildman–Crippen MR) is 98.1 cm³/mol. The number of hydrogen-bond donors (Lipinski definition) is 0. The van der Waals surface area contributed by atoms with E-state index in [1.807, 2.05) is 6.92 Å². The van der Waals surface area contributed by atoms with Crippen molar-refractivity contribution in [2.75, 3.05) is 6.61 Å². The van der Waals surface area contributed by atoms with Crippen molar-refractivity contribution in [3.63, 3.8) is 0 Å². The van der Waals surface area contributed by atoms with E-state index < -0.39 is 60.7 Å². The number of carbonyl (C=O) groups excluding carboxylic acids is 1. The second-order valence-electron chi connectivity index (χ2n) is 8.11. The van der Waals surface area contributed by atoms with Crippen molar-refractivity contribution >= 4 is 5.97 Å². The number of ether oxygens (including phenoxy) is 1. The lowest BCUT2D eigenvalue weighted by atomic mass is 9.92. The molecule has 0 bridgehead atoms. The molecule has 0 aliphatic carbocycles. The minimum absolute atomic E-state index is 0.227. The highest BCUT2D eigenvalue weighted by Crippen LogP contribution is 2.60. The molecule has 0 fully saturated rings. The van der Waals surface area contributed by atoms with Crippen LogP contribution in [0.2, 0.25) is 0 Å². The monoisotopic (exact) mass is 546 g/mol. The average Bonchev–Trinajstić information content (AvgIpc) is 2.71. The standard InChI is InChI=1S/C20H27F13O2/c1-3-5-7-8-10-13(9-6-4-2)14(34)35-12-11-15(21,22)16(23,24)17(25,26)18(27,28)19(29,30)20(31,32)33/h13H,3-12H2,1-2H3. The van der Waals surface area contributed by atoms with E-state index in [9.17, 15) is 61.9 Å². The van der Waals surface area contributed by atoms with Gasteiger partial charge in [0.1, 0.15) is 0 Å². The van der Waals surface area contributed by atoms with Gasteiger partial charge in [-0.05, 0) is 12.8 Å².